The number of carbonyl (C=O) groups is 1. The summed E-state index contributed by atoms with van der Waals surface area (Å²) < 4.78 is 5.23. The molecule has 6 heteroatoms. The number of benzene rings is 2. The third-order valence-corrected chi connectivity index (χ3v) is 5.14. The Labute approximate surface area is 165 Å². The van der Waals surface area contributed by atoms with Gasteiger partial charge in [0.2, 0.25) is 0 Å². The van der Waals surface area contributed by atoms with Crippen LogP contribution in [0, 0.1) is 6.92 Å². The largest absolute Gasteiger partial charge is 0.497 e. The van der Waals surface area contributed by atoms with Gasteiger partial charge in [0, 0.05) is 43.4 Å². The Bertz CT molecular complexity index is 789. The second kappa shape index (κ2) is 9.00. The van der Waals surface area contributed by atoms with Crippen LogP contribution in [0.3, 0.4) is 0 Å². The minimum absolute atomic E-state index is 0.000335. The highest BCUT2D eigenvalue weighted by Crippen LogP contribution is 2.25. The Morgan fingerprint density at radius 3 is 2.67 bits per heavy atom. The standard InChI is InChI=1S/C21H26ClN3O2/c1-16-6-7-18(22)15-20(16)24-10-12-25(13-11-24)21(26)23-9-8-17-4-3-5-19(14-17)27-2/h3-7,14-15H,8-13H2,1-2H3,(H,23,26). The van der Waals surface area contributed by atoms with Crippen molar-refractivity contribution in [1.82, 2.24) is 10.2 Å². The maximum atomic E-state index is 12.4. The molecule has 0 radical (unpaired) electrons. The highest BCUT2D eigenvalue weighted by molar-refractivity contribution is 6.30. The number of anilines is 1. The van der Waals surface area contributed by atoms with Crippen LogP contribution in [-0.2, 0) is 6.42 Å². The number of rotatable bonds is 5. The number of carbonyl (C=O) groups excluding carboxylic acids is 1. The molecule has 27 heavy (non-hydrogen) atoms. The number of nitrogens with zero attached hydrogens (tertiary/aromatic N) is 2. The van der Waals surface area contributed by atoms with Crippen molar-refractivity contribution >= 4 is 23.3 Å². The van der Waals surface area contributed by atoms with Gasteiger partial charge >= 0.3 is 6.03 Å². The van der Waals surface area contributed by atoms with E-state index in [9.17, 15) is 4.79 Å². The molecule has 1 heterocycles. The zero-order chi connectivity index (χ0) is 19.2. The average Bonchev–Trinajstić information content (AvgIpc) is 2.70. The fourth-order valence-electron chi connectivity index (χ4n) is 3.33. The SMILES string of the molecule is COc1cccc(CCNC(=O)N2CCN(c3cc(Cl)ccc3C)CC2)c1. The van der Waals surface area contributed by atoms with E-state index in [2.05, 4.69) is 17.1 Å². The van der Waals surface area contributed by atoms with Gasteiger partial charge in [-0.2, -0.15) is 0 Å². The number of aryl methyl sites for hydroxylation is 1. The summed E-state index contributed by atoms with van der Waals surface area (Å²) in [6.45, 7) is 5.73. The summed E-state index contributed by atoms with van der Waals surface area (Å²) in [4.78, 5) is 16.6. The summed E-state index contributed by atoms with van der Waals surface area (Å²) in [7, 11) is 1.66. The Hall–Kier alpha value is -2.40. The van der Waals surface area contributed by atoms with Crippen molar-refractivity contribution in [3.8, 4) is 5.75 Å². The van der Waals surface area contributed by atoms with Crippen LogP contribution < -0.4 is 15.0 Å². The van der Waals surface area contributed by atoms with Gasteiger partial charge in [0.1, 0.15) is 5.75 Å². The monoisotopic (exact) mass is 387 g/mol. The van der Waals surface area contributed by atoms with E-state index in [1.165, 1.54) is 5.56 Å². The third-order valence-electron chi connectivity index (χ3n) is 4.90. The number of nitrogens with one attached hydrogen (secondary N) is 1. The van der Waals surface area contributed by atoms with Crippen molar-refractivity contribution in [1.29, 1.82) is 0 Å². The van der Waals surface area contributed by atoms with Gasteiger partial charge in [-0.3, -0.25) is 0 Å². The molecule has 0 spiro atoms. The van der Waals surface area contributed by atoms with Crippen molar-refractivity contribution in [3.05, 3.63) is 58.6 Å². The Balaban J connectivity index is 1.46. The van der Waals surface area contributed by atoms with Crippen LogP contribution in [0.5, 0.6) is 5.75 Å². The molecule has 1 aliphatic rings. The van der Waals surface area contributed by atoms with Crippen molar-refractivity contribution < 1.29 is 9.53 Å². The van der Waals surface area contributed by atoms with Crippen LogP contribution in [0.4, 0.5) is 10.5 Å². The molecule has 5 nitrogen and oxygen atoms in total. The minimum Gasteiger partial charge on any atom is -0.497 e. The van der Waals surface area contributed by atoms with Gasteiger partial charge in [-0.25, -0.2) is 4.79 Å². The second-order valence-electron chi connectivity index (χ2n) is 6.74. The molecule has 0 unspecified atom stereocenters. The molecule has 0 bridgehead atoms. The van der Waals surface area contributed by atoms with Crippen LogP contribution >= 0.6 is 11.6 Å². The molecule has 2 amide bonds. The van der Waals surface area contributed by atoms with Crippen LogP contribution in [0.2, 0.25) is 5.02 Å². The van der Waals surface area contributed by atoms with E-state index in [4.69, 9.17) is 16.3 Å². The minimum atomic E-state index is 0.000335. The summed E-state index contributed by atoms with van der Waals surface area (Å²) in [5, 5.41) is 3.76. The van der Waals surface area contributed by atoms with Crippen LogP contribution in [0.15, 0.2) is 42.5 Å². The molecular weight excluding hydrogens is 362 g/mol. The first-order valence-corrected chi connectivity index (χ1v) is 9.61. The fourth-order valence-corrected chi connectivity index (χ4v) is 3.49. The molecular formula is C21H26ClN3O2. The highest BCUT2D eigenvalue weighted by atomic mass is 35.5. The number of methoxy groups -OCH3 is 1. The fraction of sp³-hybridized carbons (Fsp3) is 0.381. The number of ether oxygens (including phenoxy) is 1. The predicted octanol–water partition coefficient (Wildman–Crippen LogP) is 3.73. The normalized spacial score (nSPS) is 14.2. The lowest BCUT2D eigenvalue weighted by atomic mass is 10.1. The third kappa shape index (κ3) is 5.07. The van der Waals surface area contributed by atoms with Gasteiger partial charge < -0.3 is 19.9 Å². The van der Waals surface area contributed by atoms with Crippen molar-refractivity contribution in [2.75, 3.05) is 44.7 Å². The lowest BCUT2D eigenvalue weighted by Crippen LogP contribution is -2.52. The van der Waals surface area contributed by atoms with Crippen molar-refractivity contribution in [2.45, 2.75) is 13.3 Å². The molecule has 1 aliphatic heterocycles. The van der Waals surface area contributed by atoms with Gasteiger partial charge in [-0.15, -0.1) is 0 Å². The quantitative estimate of drug-likeness (QED) is 0.850. The molecule has 0 atom stereocenters. The van der Waals surface area contributed by atoms with Gasteiger partial charge in [-0.05, 0) is 48.7 Å². The first-order valence-electron chi connectivity index (χ1n) is 9.23. The Kier molecular flexibility index (Phi) is 6.45. The number of amides is 2. The van der Waals surface area contributed by atoms with Crippen molar-refractivity contribution in [3.63, 3.8) is 0 Å². The molecule has 2 aromatic rings. The first kappa shape index (κ1) is 19.4. The van der Waals surface area contributed by atoms with Crippen LogP contribution in [0.25, 0.3) is 0 Å². The molecule has 1 N–H and O–H groups in total. The molecule has 2 aromatic carbocycles. The maximum Gasteiger partial charge on any atom is 0.317 e. The zero-order valence-electron chi connectivity index (χ0n) is 15.9. The van der Waals surface area contributed by atoms with Gasteiger partial charge in [-0.1, -0.05) is 29.8 Å². The van der Waals surface area contributed by atoms with E-state index in [0.717, 1.165) is 41.5 Å². The molecule has 0 aromatic heterocycles. The molecule has 0 aliphatic carbocycles. The van der Waals surface area contributed by atoms with Crippen LogP contribution in [0.1, 0.15) is 11.1 Å². The summed E-state index contributed by atoms with van der Waals surface area (Å²) in [5.74, 6) is 0.839. The van der Waals surface area contributed by atoms with Gasteiger partial charge in [0.25, 0.3) is 0 Å². The van der Waals surface area contributed by atoms with E-state index in [1.54, 1.807) is 7.11 Å². The number of piperazine rings is 1. The molecule has 1 fully saturated rings. The predicted molar refractivity (Wildman–Crippen MR) is 110 cm³/mol. The highest BCUT2D eigenvalue weighted by Gasteiger charge is 2.22. The number of urea groups is 1. The summed E-state index contributed by atoms with van der Waals surface area (Å²) in [5.41, 5.74) is 3.51. The Morgan fingerprint density at radius 1 is 1.15 bits per heavy atom. The topological polar surface area (TPSA) is 44.8 Å². The van der Waals surface area contributed by atoms with Gasteiger partial charge in [0.15, 0.2) is 0 Å². The lowest BCUT2D eigenvalue weighted by molar-refractivity contribution is 0.194. The van der Waals surface area contributed by atoms with Crippen molar-refractivity contribution in [2.24, 2.45) is 0 Å². The molecule has 1 saturated heterocycles. The zero-order valence-corrected chi connectivity index (χ0v) is 16.6. The van der Waals surface area contributed by atoms with E-state index in [1.807, 2.05) is 47.4 Å². The molecule has 3 rings (SSSR count). The van der Waals surface area contributed by atoms with E-state index < -0.39 is 0 Å². The smallest absolute Gasteiger partial charge is 0.317 e. The maximum absolute atomic E-state index is 12.4. The first-order chi connectivity index (χ1) is 13.1. The second-order valence-corrected chi connectivity index (χ2v) is 7.17. The number of halogens is 1. The molecule has 0 saturated carbocycles. The number of hydrogen-bond acceptors (Lipinski definition) is 3. The van der Waals surface area contributed by atoms with E-state index in [0.29, 0.717) is 19.6 Å². The van der Waals surface area contributed by atoms with Gasteiger partial charge in [0.05, 0.1) is 7.11 Å². The van der Waals surface area contributed by atoms with Crippen LogP contribution in [-0.4, -0.2) is 50.8 Å². The summed E-state index contributed by atoms with van der Waals surface area (Å²) in [6, 6.07) is 13.9. The average molecular weight is 388 g/mol. The lowest BCUT2D eigenvalue weighted by Gasteiger charge is -2.36. The summed E-state index contributed by atoms with van der Waals surface area (Å²) in [6.07, 6.45) is 0.782. The Morgan fingerprint density at radius 2 is 1.93 bits per heavy atom. The van der Waals surface area contributed by atoms with E-state index >= 15 is 0 Å². The summed E-state index contributed by atoms with van der Waals surface area (Å²) >= 11 is 6.13. The number of hydrogen-bond donors (Lipinski definition) is 1. The van der Waals surface area contributed by atoms with E-state index in [-0.39, 0.29) is 6.03 Å². The molecule has 144 valence electrons.